The molecule has 0 fully saturated rings. The first kappa shape index (κ1) is 29.5. The molecule has 9 aromatic carbocycles. The number of halogens is 1. The second kappa shape index (κ2) is 11.3. The summed E-state index contributed by atoms with van der Waals surface area (Å²) in [7, 11) is 0. The Kier molecular flexibility index (Phi) is 6.56. The van der Waals surface area contributed by atoms with Crippen molar-refractivity contribution in [1.29, 1.82) is 0 Å². The Morgan fingerprint density at radius 2 is 0.824 bits per heavy atom. The summed E-state index contributed by atoms with van der Waals surface area (Å²) in [6, 6.07) is 55.2. The number of fused-ring (bicyclic) bond motifs is 10. The SMILES string of the molecule is Cc1cc(C)cc(-c2c3ccccc3c(-c3ccc4c(c3)nc(-c3ccc(F)cc3)c3c5ccccc5c5ccccc5c43)c3ccccc23)c1. The van der Waals surface area contributed by atoms with E-state index in [0.717, 1.165) is 38.5 Å². The van der Waals surface area contributed by atoms with E-state index in [9.17, 15) is 4.39 Å². The lowest BCUT2D eigenvalue weighted by Crippen LogP contribution is -1.95. The van der Waals surface area contributed by atoms with Crippen molar-refractivity contribution in [3.63, 3.8) is 0 Å². The van der Waals surface area contributed by atoms with Gasteiger partial charge in [-0.25, -0.2) is 9.37 Å². The van der Waals surface area contributed by atoms with Gasteiger partial charge in [0.15, 0.2) is 0 Å². The standard InChI is InChI=1S/C49H32FN/c1-29-25-30(2)27-33(26-29)46-41-17-9-7-15-39(41)45(40-16-8-10-18-42(40)46)32-21-24-43-44(28-32)51-49(31-19-22-34(50)23-20-31)48-38-14-6-4-12-36(38)35-11-3-5-13-37(35)47(43)48/h3-28H,1-2H3. The first-order valence-electron chi connectivity index (χ1n) is 17.5. The number of nitrogens with zero attached hydrogens (tertiary/aromatic N) is 1. The van der Waals surface area contributed by atoms with Crippen LogP contribution in [0.25, 0.3) is 98.3 Å². The van der Waals surface area contributed by atoms with Crippen molar-refractivity contribution < 1.29 is 4.39 Å². The van der Waals surface area contributed by atoms with Gasteiger partial charge in [-0.3, -0.25) is 0 Å². The molecule has 0 amide bonds. The summed E-state index contributed by atoms with van der Waals surface area (Å²) < 4.78 is 14.3. The maximum atomic E-state index is 14.3. The zero-order valence-electron chi connectivity index (χ0n) is 28.3. The largest absolute Gasteiger partial charge is 0.247 e. The lowest BCUT2D eigenvalue weighted by atomic mass is 9.85. The lowest BCUT2D eigenvalue weighted by Gasteiger charge is -2.19. The van der Waals surface area contributed by atoms with Gasteiger partial charge in [-0.15, -0.1) is 0 Å². The second-order valence-corrected chi connectivity index (χ2v) is 13.8. The number of pyridine rings is 1. The van der Waals surface area contributed by atoms with Crippen LogP contribution in [0.4, 0.5) is 4.39 Å². The number of rotatable bonds is 3. The van der Waals surface area contributed by atoms with Gasteiger partial charge in [-0.2, -0.15) is 0 Å². The third-order valence-electron chi connectivity index (χ3n) is 10.5. The summed E-state index contributed by atoms with van der Waals surface area (Å²) in [4.78, 5) is 5.47. The Labute approximate surface area is 295 Å². The summed E-state index contributed by atoms with van der Waals surface area (Å²) in [6.07, 6.45) is 0. The molecule has 1 aromatic heterocycles. The predicted molar refractivity (Wildman–Crippen MR) is 215 cm³/mol. The first-order chi connectivity index (χ1) is 25.0. The molecule has 10 rings (SSSR count). The highest BCUT2D eigenvalue weighted by atomic mass is 19.1. The average Bonchev–Trinajstić information content (AvgIpc) is 3.16. The monoisotopic (exact) mass is 653 g/mol. The first-order valence-corrected chi connectivity index (χ1v) is 17.5. The van der Waals surface area contributed by atoms with Crippen molar-refractivity contribution in [2.75, 3.05) is 0 Å². The summed E-state index contributed by atoms with van der Waals surface area (Å²) in [5, 5.41) is 12.9. The zero-order valence-corrected chi connectivity index (χ0v) is 28.3. The minimum Gasteiger partial charge on any atom is -0.247 e. The normalized spacial score (nSPS) is 11.8. The Morgan fingerprint density at radius 3 is 1.37 bits per heavy atom. The molecule has 0 atom stereocenters. The molecule has 0 radical (unpaired) electrons. The zero-order chi connectivity index (χ0) is 34.2. The predicted octanol–water partition coefficient (Wildman–Crippen LogP) is 13.8. The van der Waals surface area contributed by atoms with Gasteiger partial charge in [0.2, 0.25) is 0 Å². The van der Waals surface area contributed by atoms with Crippen LogP contribution in [0.3, 0.4) is 0 Å². The molecule has 0 unspecified atom stereocenters. The van der Waals surface area contributed by atoms with Gasteiger partial charge in [0, 0.05) is 21.7 Å². The highest BCUT2D eigenvalue weighted by Crippen LogP contribution is 2.47. The molecule has 240 valence electrons. The van der Waals surface area contributed by atoms with Crippen LogP contribution in [0, 0.1) is 19.7 Å². The summed E-state index contributed by atoms with van der Waals surface area (Å²) >= 11 is 0. The van der Waals surface area contributed by atoms with Crippen molar-refractivity contribution in [1.82, 2.24) is 4.98 Å². The molecular weight excluding hydrogens is 622 g/mol. The smallest absolute Gasteiger partial charge is 0.123 e. The van der Waals surface area contributed by atoms with Gasteiger partial charge >= 0.3 is 0 Å². The van der Waals surface area contributed by atoms with Crippen LogP contribution in [-0.2, 0) is 0 Å². The van der Waals surface area contributed by atoms with Crippen LogP contribution in [-0.4, -0.2) is 4.98 Å². The second-order valence-electron chi connectivity index (χ2n) is 13.8. The minimum atomic E-state index is -0.260. The van der Waals surface area contributed by atoms with E-state index in [1.165, 1.54) is 83.0 Å². The molecular formula is C49H32FN. The van der Waals surface area contributed by atoms with Crippen molar-refractivity contribution in [3.8, 4) is 33.5 Å². The molecule has 0 aliphatic rings. The Morgan fingerprint density at radius 1 is 0.373 bits per heavy atom. The van der Waals surface area contributed by atoms with Crippen LogP contribution < -0.4 is 0 Å². The highest BCUT2D eigenvalue weighted by molar-refractivity contribution is 6.34. The van der Waals surface area contributed by atoms with Crippen LogP contribution in [0.15, 0.2) is 158 Å². The molecule has 0 N–H and O–H groups in total. The van der Waals surface area contributed by atoms with Crippen molar-refractivity contribution in [2.24, 2.45) is 0 Å². The Bertz CT molecular complexity index is 2970. The van der Waals surface area contributed by atoms with E-state index in [1.807, 2.05) is 12.1 Å². The maximum Gasteiger partial charge on any atom is 0.123 e. The quantitative estimate of drug-likeness (QED) is 0.137. The molecule has 1 heterocycles. The topological polar surface area (TPSA) is 12.9 Å². The van der Waals surface area contributed by atoms with Gasteiger partial charge in [-0.1, -0.05) is 139 Å². The number of aryl methyl sites for hydroxylation is 2. The fourth-order valence-corrected chi connectivity index (χ4v) is 8.52. The molecule has 51 heavy (non-hydrogen) atoms. The number of hydrogen-bond acceptors (Lipinski definition) is 1. The van der Waals surface area contributed by atoms with Crippen LogP contribution >= 0.6 is 0 Å². The van der Waals surface area contributed by atoms with E-state index >= 15 is 0 Å². The summed E-state index contributed by atoms with van der Waals surface area (Å²) in [5.74, 6) is -0.260. The third-order valence-corrected chi connectivity index (χ3v) is 10.5. The van der Waals surface area contributed by atoms with Crippen LogP contribution in [0.2, 0.25) is 0 Å². The van der Waals surface area contributed by atoms with Gasteiger partial charge in [0.1, 0.15) is 5.82 Å². The fraction of sp³-hybridized carbons (Fsp3) is 0.0408. The van der Waals surface area contributed by atoms with Gasteiger partial charge in [0.25, 0.3) is 0 Å². The van der Waals surface area contributed by atoms with Crippen LogP contribution in [0.1, 0.15) is 11.1 Å². The molecule has 0 spiro atoms. The van der Waals surface area contributed by atoms with E-state index in [1.54, 1.807) is 0 Å². The van der Waals surface area contributed by atoms with Gasteiger partial charge in [0.05, 0.1) is 11.2 Å². The fourth-order valence-electron chi connectivity index (χ4n) is 8.52. The average molecular weight is 654 g/mol. The highest BCUT2D eigenvalue weighted by Gasteiger charge is 2.20. The van der Waals surface area contributed by atoms with Gasteiger partial charge in [-0.05, 0) is 110 Å². The Hall–Kier alpha value is -6.38. The van der Waals surface area contributed by atoms with Crippen molar-refractivity contribution in [2.45, 2.75) is 13.8 Å². The van der Waals surface area contributed by atoms with Crippen molar-refractivity contribution >= 4 is 64.8 Å². The third kappa shape index (κ3) is 4.57. The van der Waals surface area contributed by atoms with E-state index in [2.05, 4.69) is 147 Å². The molecule has 0 saturated carbocycles. The van der Waals surface area contributed by atoms with Gasteiger partial charge < -0.3 is 0 Å². The molecule has 0 aliphatic heterocycles. The molecule has 0 saturated heterocycles. The number of aromatic nitrogens is 1. The molecule has 2 heteroatoms. The van der Waals surface area contributed by atoms with Crippen molar-refractivity contribution in [3.05, 3.63) is 175 Å². The maximum absolute atomic E-state index is 14.3. The van der Waals surface area contributed by atoms with E-state index in [0.29, 0.717) is 0 Å². The lowest BCUT2D eigenvalue weighted by molar-refractivity contribution is 0.628. The number of hydrogen-bond donors (Lipinski definition) is 0. The van der Waals surface area contributed by atoms with E-state index in [-0.39, 0.29) is 5.82 Å². The molecule has 0 aliphatic carbocycles. The minimum absolute atomic E-state index is 0.260. The summed E-state index contributed by atoms with van der Waals surface area (Å²) in [6.45, 7) is 4.35. The van der Waals surface area contributed by atoms with E-state index in [4.69, 9.17) is 4.98 Å². The molecule has 0 bridgehead atoms. The Balaban J connectivity index is 1.34. The van der Waals surface area contributed by atoms with Crippen LogP contribution in [0.5, 0.6) is 0 Å². The molecule has 1 nitrogen and oxygen atoms in total. The molecule has 10 aromatic rings. The van der Waals surface area contributed by atoms with E-state index < -0.39 is 0 Å². The summed E-state index contributed by atoms with van der Waals surface area (Å²) in [5.41, 5.74) is 9.98. The number of benzene rings is 9.